The van der Waals surface area contributed by atoms with Gasteiger partial charge >= 0.3 is 5.97 Å². The molecule has 1 heterocycles. The molecule has 1 rings (SSSR count). The van der Waals surface area contributed by atoms with E-state index >= 15 is 0 Å². The first kappa shape index (κ1) is 15.6. The number of pyridine rings is 1. The summed E-state index contributed by atoms with van der Waals surface area (Å²) in [6.45, 7) is 6.51. The number of aromatic nitrogens is 1. The summed E-state index contributed by atoms with van der Waals surface area (Å²) < 4.78 is 5.12. The second kappa shape index (κ2) is 7.86. The standard InChI is InChI=1S/C14H22N2O3/c1-4-11(2)16(7-8-19-3)10-12-5-6-15-13(9-12)14(17)18/h5-6,9,11H,4,7-8,10H2,1-3H3,(H,17,18). The number of rotatable bonds is 8. The topological polar surface area (TPSA) is 62.7 Å². The normalized spacial score (nSPS) is 12.6. The third kappa shape index (κ3) is 4.96. The molecule has 0 radical (unpaired) electrons. The van der Waals surface area contributed by atoms with E-state index < -0.39 is 5.97 Å². The molecule has 0 aliphatic heterocycles. The highest BCUT2D eigenvalue weighted by Gasteiger charge is 2.13. The van der Waals surface area contributed by atoms with Crippen molar-refractivity contribution >= 4 is 5.97 Å². The highest BCUT2D eigenvalue weighted by Crippen LogP contribution is 2.11. The van der Waals surface area contributed by atoms with Crippen LogP contribution in [0.1, 0.15) is 36.3 Å². The molecule has 0 fully saturated rings. The lowest BCUT2D eigenvalue weighted by Crippen LogP contribution is -2.34. The summed E-state index contributed by atoms with van der Waals surface area (Å²) in [6.07, 6.45) is 2.59. The minimum Gasteiger partial charge on any atom is -0.477 e. The van der Waals surface area contributed by atoms with Crippen LogP contribution in [0.15, 0.2) is 18.3 Å². The summed E-state index contributed by atoms with van der Waals surface area (Å²) in [5, 5.41) is 8.94. The van der Waals surface area contributed by atoms with Crippen molar-refractivity contribution in [2.24, 2.45) is 0 Å². The number of aromatic carboxylic acids is 1. The maximum atomic E-state index is 10.9. The van der Waals surface area contributed by atoms with Crippen molar-refractivity contribution in [3.63, 3.8) is 0 Å². The van der Waals surface area contributed by atoms with Crippen molar-refractivity contribution in [3.05, 3.63) is 29.6 Å². The fourth-order valence-electron chi connectivity index (χ4n) is 1.85. The zero-order chi connectivity index (χ0) is 14.3. The number of hydrogen-bond donors (Lipinski definition) is 1. The van der Waals surface area contributed by atoms with E-state index in [2.05, 4.69) is 23.7 Å². The van der Waals surface area contributed by atoms with Crippen molar-refractivity contribution in [3.8, 4) is 0 Å². The molecular weight excluding hydrogens is 244 g/mol. The first-order valence-corrected chi connectivity index (χ1v) is 6.49. The van der Waals surface area contributed by atoms with Crippen LogP contribution in [0.4, 0.5) is 0 Å². The Balaban J connectivity index is 2.77. The molecule has 0 spiro atoms. The third-order valence-corrected chi connectivity index (χ3v) is 3.23. The molecule has 5 heteroatoms. The van der Waals surface area contributed by atoms with Crippen LogP contribution in [0, 0.1) is 0 Å². The molecule has 0 aromatic carbocycles. The Bertz CT molecular complexity index is 409. The molecule has 0 aliphatic carbocycles. The lowest BCUT2D eigenvalue weighted by molar-refractivity contribution is 0.0690. The van der Waals surface area contributed by atoms with Crippen LogP contribution < -0.4 is 0 Å². The van der Waals surface area contributed by atoms with Gasteiger partial charge in [0.25, 0.3) is 0 Å². The van der Waals surface area contributed by atoms with Crippen molar-refractivity contribution < 1.29 is 14.6 Å². The molecule has 0 saturated carbocycles. The first-order chi connectivity index (χ1) is 9.08. The predicted octanol–water partition coefficient (Wildman–Crippen LogP) is 2.03. The van der Waals surface area contributed by atoms with Gasteiger partial charge in [0.05, 0.1) is 6.61 Å². The average Bonchev–Trinajstić information content (AvgIpc) is 2.42. The van der Waals surface area contributed by atoms with Crippen LogP contribution >= 0.6 is 0 Å². The molecule has 1 aromatic rings. The zero-order valence-electron chi connectivity index (χ0n) is 11.8. The van der Waals surface area contributed by atoms with E-state index in [1.165, 1.54) is 0 Å². The molecule has 1 atom stereocenters. The van der Waals surface area contributed by atoms with Gasteiger partial charge in [-0.1, -0.05) is 6.92 Å². The third-order valence-electron chi connectivity index (χ3n) is 3.23. The van der Waals surface area contributed by atoms with Gasteiger partial charge < -0.3 is 9.84 Å². The van der Waals surface area contributed by atoms with Gasteiger partial charge in [0.15, 0.2) is 0 Å². The second-order valence-corrected chi connectivity index (χ2v) is 4.58. The molecule has 0 saturated heterocycles. The molecule has 0 bridgehead atoms. The first-order valence-electron chi connectivity index (χ1n) is 6.49. The molecule has 106 valence electrons. The van der Waals surface area contributed by atoms with Crippen LogP contribution in [0.25, 0.3) is 0 Å². The Morgan fingerprint density at radius 1 is 1.58 bits per heavy atom. The highest BCUT2D eigenvalue weighted by molar-refractivity contribution is 5.85. The largest absolute Gasteiger partial charge is 0.477 e. The average molecular weight is 266 g/mol. The molecule has 5 nitrogen and oxygen atoms in total. The Morgan fingerprint density at radius 2 is 2.32 bits per heavy atom. The Hall–Kier alpha value is -1.46. The van der Waals surface area contributed by atoms with Crippen LogP contribution in [-0.2, 0) is 11.3 Å². The molecule has 1 aromatic heterocycles. The van der Waals surface area contributed by atoms with E-state index in [1.54, 1.807) is 19.4 Å². The van der Waals surface area contributed by atoms with Crippen molar-refractivity contribution in [1.82, 2.24) is 9.88 Å². The highest BCUT2D eigenvalue weighted by atomic mass is 16.5. The Morgan fingerprint density at radius 3 is 2.89 bits per heavy atom. The Labute approximate surface area is 114 Å². The van der Waals surface area contributed by atoms with E-state index in [-0.39, 0.29) is 5.69 Å². The number of carboxylic acid groups (broad SMARTS) is 1. The van der Waals surface area contributed by atoms with Gasteiger partial charge in [0.2, 0.25) is 0 Å². The minimum absolute atomic E-state index is 0.0911. The summed E-state index contributed by atoms with van der Waals surface area (Å²) in [5.74, 6) is -0.992. The van der Waals surface area contributed by atoms with Crippen LogP contribution in [-0.4, -0.2) is 47.3 Å². The zero-order valence-corrected chi connectivity index (χ0v) is 11.8. The summed E-state index contributed by atoms with van der Waals surface area (Å²) in [7, 11) is 1.68. The molecule has 1 N–H and O–H groups in total. The van der Waals surface area contributed by atoms with E-state index in [4.69, 9.17) is 9.84 Å². The summed E-state index contributed by atoms with van der Waals surface area (Å²) in [5.41, 5.74) is 1.05. The van der Waals surface area contributed by atoms with E-state index in [0.717, 1.165) is 18.5 Å². The van der Waals surface area contributed by atoms with Gasteiger partial charge in [0.1, 0.15) is 5.69 Å². The lowest BCUT2D eigenvalue weighted by Gasteiger charge is -2.28. The number of carboxylic acids is 1. The maximum absolute atomic E-state index is 10.9. The van der Waals surface area contributed by atoms with Crippen molar-refractivity contribution in [2.75, 3.05) is 20.3 Å². The van der Waals surface area contributed by atoms with Gasteiger partial charge in [-0.15, -0.1) is 0 Å². The smallest absolute Gasteiger partial charge is 0.354 e. The van der Waals surface area contributed by atoms with Crippen LogP contribution in [0.3, 0.4) is 0 Å². The number of nitrogens with zero attached hydrogens (tertiary/aromatic N) is 2. The van der Waals surface area contributed by atoms with Crippen molar-refractivity contribution in [2.45, 2.75) is 32.9 Å². The quantitative estimate of drug-likeness (QED) is 0.780. The Kier molecular flexibility index (Phi) is 6.45. The van der Waals surface area contributed by atoms with Gasteiger partial charge in [0, 0.05) is 32.4 Å². The van der Waals surface area contributed by atoms with E-state index in [1.807, 2.05) is 6.07 Å². The number of carbonyl (C=O) groups is 1. The summed E-state index contributed by atoms with van der Waals surface area (Å²) in [4.78, 5) is 17.0. The molecular formula is C14H22N2O3. The van der Waals surface area contributed by atoms with Gasteiger partial charge in [-0.3, -0.25) is 4.90 Å². The summed E-state index contributed by atoms with van der Waals surface area (Å²) >= 11 is 0. The fourth-order valence-corrected chi connectivity index (χ4v) is 1.85. The van der Waals surface area contributed by atoms with Gasteiger partial charge in [-0.05, 0) is 31.0 Å². The number of ether oxygens (including phenoxy) is 1. The monoisotopic (exact) mass is 266 g/mol. The van der Waals surface area contributed by atoms with Gasteiger partial charge in [-0.2, -0.15) is 0 Å². The van der Waals surface area contributed by atoms with E-state index in [9.17, 15) is 4.79 Å². The fraction of sp³-hybridized carbons (Fsp3) is 0.571. The van der Waals surface area contributed by atoms with Crippen LogP contribution in [0.2, 0.25) is 0 Å². The number of hydrogen-bond acceptors (Lipinski definition) is 4. The molecule has 1 unspecified atom stereocenters. The SMILES string of the molecule is CCC(C)N(CCOC)Cc1ccnc(C(=O)O)c1. The molecule has 0 amide bonds. The van der Waals surface area contributed by atoms with Gasteiger partial charge in [-0.25, -0.2) is 9.78 Å². The maximum Gasteiger partial charge on any atom is 0.354 e. The summed E-state index contributed by atoms with van der Waals surface area (Å²) in [6, 6.07) is 3.91. The predicted molar refractivity (Wildman–Crippen MR) is 73.2 cm³/mol. The number of methoxy groups -OCH3 is 1. The lowest BCUT2D eigenvalue weighted by atomic mass is 10.1. The minimum atomic E-state index is -0.992. The van der Waals surface area contributed by atoms with Crippen molar-refractivity contribution in [1.29, 1.82) is 0 Å². The molecule has 0 aliphatic rings. The van der Waals surface area contributed by atoms with E-state index in [0.29, 0.717) is 19.2 Å². The van der Waals surface area contributed by atoms with Crippen LogP contribution in [0.5, 0.6) is 0 Å². The molecule has 19 heavy (non-hydrogen) atoms. The second-order valence-electron chi connectivity index (χ2n) is 4.58.